The third kappa shape index (κ3) is 4.29. The molecule has 2 fully saturated rings. The summed E-state index contributed by atoms with van der Waals surface area (Å²) in [6, 6.07) is 3.82. The Morgan fingerprint density at radius 2 is 2.04 bits per heavy atom. The highest BCUT2D eigenvalue weighted by Gasteiger charge is 2.35. The maximum absolute atomic E-state index is 12.4. The van der Waals surface area contributed by atoms with Crippen LogP contribution in [0.4, 0.5) is 0 Å². The van der Waals surface area contributed by atoms with Crippen molar-refractivity contribution in [3.8, 4) is 0 Å². The number of ether oxygens (including phenoxy) is 1. The van der Waals surface area contributed by atoms with Gasteiger partial charge in [0, 0.05) is 18.7 Å². The first kappa shape index (κ1) is 17.3. The second kappa shape index (κ2) is 8.01. The fourth-order valence-corrected chi connectivity index (χ4v) is 4.09. The summed E-state index contributed by atoms with van der Waals surface area (Å²) in [4.78, 5) is 26.1. The van der Waals surface area contributed by atoms with Crippen molar-refractivity contribution in [1.29, 1.82) is 0 Å². The Bertz CT molecular complexity index is 622. The smallest absolute Gasteiger partial charge is 0.331 e. The number of likely N-dealkylation sites (tertiary alicyclic amines) is 1. The summed E-state index contributed by atoms with van der Waals surface area (Å²) in [5.41, 5.74) is 0. The highest BCUT2D eigenvalue weighted by molar-refractivity contribution is 9.10. The summed E-state index contributed by atoms with van der Waals surface area (Å²) >= 11 is 3.19. The number of carbonyl (C=O) groups is 2. The fraction of sp³-hybridized carbons (Fsp3) is 0.556. The molecule has 0 aromatic carbocycles. The molecule has 5 nitrogen and oxygen atoms in total. The van der Waals surface area contributed by atoms with E-state index < -0.39 is 5.97 Å². The Morgan fingerprint density at radius 1 is 1.25 bits per heavy atom. The third-order valence-electron chi connectivity index (χ3n) is 4.88. The molecule has 0 bridgehead atoms. The lowest BCUT2D eigenvalue weighted by molar-refractivity contribution is -0.151. The van der Waals surface area contributed by atoms with Crippen LogP contribution < -0.4 is 0 Å². The van der Waals surface area contributed by atoms with Gasteiger partial charge in [-0.25, -0.2) is 4.79 Å². The van der Waals surface area contributed by atoms with Crippen LogP contribution in [0.1, 0.15) is 44.3 Å². The molecule has 1 aliphatic heterocycles. The second-order valence-electron chi connectivity index (χ2n) is 6.42. The molecule has 1 saturated carbocycles. The van der Waals surface area contributed by atoms with Crippen molar-refractivity contribution >= 4 is 33.9 Å². The van der Waals surface area contributed by atoms with Gasteiger partial charge in [0.05, 0.1) is 0 Å². The maximum Gasteiger partial charge on any atom is 0.331 e. The zero-order valence-electron chi connectivity index (χ0n) is 13.6. The Labute approximate surface area is 150 Å². The Balaban J connectivity index is 1.49. The van der Waals surface area contributed by atoms with Crippen LogP contribution in [0, 0.1) is 5.92 Å². The molecular weight excluding hydrogens is 374 g/mol. The van der Waals surface area contributed by atoms with Gasteiger partial charge in [0.25, 0.3) is 5.91 Å². The zero-order valence-corrected chi connectivity index (χ0v) is 15.2. The van der Waals surface area contributed by atoms with Gasteiger partial charge in [0.2, 0.25) is 0 Å². The number of carbonyl (C=O) groups excluding carboxylic acids is 2. The molecule has 0 spiro atoms. The monoisotopic (exact) mass is 395 g/mol. The molecule has 1 aliphatic carbocycles. The van der Waals surface area contributed by atoms with E-state index in [1.165, 1.54) is 37.8 Å². The summed E-state index contributed by atoms with van der Waals surface area (Å²) in [7, 11) is 0. The van der Waals surface area contributed by atoms with E-state index in [0.717, 1.165) is 19.4 Å². The van der Waals surface area contributed by atoms with Gasteiger partial charge in [-0.2, -0.15) is 0 Å². The molecule has 1 aromatic heterocycles. The summed E-state index contributed by atoms with van der Waals surface area (Å²) in [6.07, 6.45) is 9.82. The van der Waals surface area contributed by atoms with Gasteiger partial charge in [0.15, 0.2) is 11.3 Å². The van der Waals surface area contributed by atoms with E-state index >= 15 is 0 Å². The van der Waals surface area contributed by atoms with Gasteiger partial charge in [-0.05, 0) is 65.7 Å². The predicted octanol–water partition coefficient (Wildman–Crippen LogP) is 3.78. The molecule has 0 N–H and O–H groups in total. The number of esters is 1. The second-order valence-corrected chi connectivity index (χ2v) is 7.21. The average molecular weight is 396 g/mol. The van der Waals surface area contributed by atoms with E-state index in [9.17, 15) is 9.59 Å². The van der Waals surface area contributed by atoms with Crippen LogP contribution in [-0.2, 0) is 14.3 Å². The van der Waals surface area contributed by atoms with Crippen LogP contribution in [0.3, 0.4) is 0 Å². The van der Waals surface area contributed by atoms with E-state index in [1.807, 2.05) is 4.90 Å². The van der Waals surface area contributed by atoms with Gasteiger partial charge in [-0.3, -0.25) is 4.79 Å². The number of amides is 1. The number of halogens is 1. The highest BCUT2D eigenvalue weighted by atomic mass is 79.9. The van der Waals surface area contributed by atoms with Crippen LogP contribution in [0.25, 0.3) is 6.08 Å². The lowest BCUT2D eigenvalue weighted by atomic mass is 9.78. The van der Waals surface area contributed by atoms with Crippen LogP contribution in [0.2, 0.25) is 0 Å². The number of furan rings is 1. The SMILES string of the molecule is O=C(/C=C/c1ccc(Br)o1)OCC(=O)N1CCC[C@H]2CCCC[C@@H]21. The lowest BCUT2D eigenvalue weighted by Crippen LogP contribution is -2.50. The molecule has 24 heavy (non-hydrogen) atoms. The highest BCUT2D eigenvalue weighted by Crippen LogP contribution is 2.35. The van der Waals surface area contributed by atoms with Crippen LogP contribution in [0.5, 0.6) is 0 Å². The van der Waals surface area contributed by atoms with Gasteiger partial charge in [-0.1, -0.05) is 12.8 Å². The molecule has 6 heteroatoms. The van der Waals surface area contributed by atoms with Crippen LogP contribution in [0.15, 0.2) is 27.3 Å². The summed E-state index contributed by atoms with van der Waals surface area (Å²) in [5, 5.41) is 0. The van der Waals surface area contributed by atoms with Crippen LogP contribution in [-0.4, -0.2) is 36.0 Å². The van der Waals surface area contributed by atoms with Crippen molar-refractivity contribution in [3.05, 3.63) is 28.6 Å². The van der Waals surface area contributed by atoms with E-state index in [-0.39, 0.29) is 12.5 Å². The van der Waals surface area contributed by atoms with Gasteiger partial charge >= 0.3 is 5.97 Å². The normalized spacial score (nSPS) is 24.0. The molecule has 2 atom stereocenters. The molecule has 1 saturated heterocycles. The van der Waals surface area contributed by atoms with E-state index in [2.05, 4.69) is 15.9 Å². The van der Waals surface area contributed by atoms with Crippen molar-refractivity contribution in [2.75, 3.05) is 13.2 Å². The van der Waals surface area contributed by atoms with E-state index in [0.29, 0.717) is 22.4 Å². The lowest BCUT2D eigenvalue weighted by Gasteiger charge is -2.44. The van der Waals surface area contributed by atoms with Crippen molar-refractivity contribution in [3.63, 3.8) is 0 Å². The summed E-state index contributed by atoms with van der Waals surface area (Å²) < 4.78 is 11.0. The molecule has 0 unspecified atom stereocenters. The maximum atomic E-state index is 12.4. The zero-order chi connectivity index (χ0) is 16.9. The number of hydrogen-bond acceptors (Lipinski definition) is 4. The number of piperidine rings is 1. The average Bonchev–Trinajstić information content (AvgIpc) is 3.02. The van der Waals surface area contributed by atoms with Crippen molar-refractivity contribution in [2.24, 2.45) is 5.92 Å². The molecule has 1 aromatic rings. The molecule has 2 aliphatic rings. The third-order valence-corrected chi connectivity index (χ3v) is 5.31. The number of fused-ring (bicyclic) bond motifs is 1. The fourth-order valence-electron chi connectivity index (χ4n) is 3.77. The van der Waals surface area contributed by atoms with E-state index in [1.54, 1.807) is 12.1 Å². The largest absolute Gasteiger partial charge is 0.452 e. The molecule has 130 valence electrons. The number of hydrogen-bond donors (Lipinski definition) is 0. The van der Waals surface area contributed by atoms with Crippen molar-refractivity contribution < 1.29 is 18.7 Å². The van der Waals surface area contributed by atoms with Gasteiger partial charge in [0.1, 0.15) is 5.76 Å². The summed E-state index contributed by atoms with van der Waals surface area (Å²) in [5.74, 6) is 0.567. The Morgan fingerprint density at radius 3 is 2.83 bits per heavy atom. The Hall–Kier alpha value is -1.56. The minimum absolute atomic E-state index is 0.0749. The Kier molecular flexibility index (Phi) is 5.76. The molecule has 1 amide bonds. The first-order valence-corrected chi connectivity index (χ1v) is 9.32. The molecule has 0 radical (unpaired) electrons. The van der Waals surface area contributed by atoms with Gasteiger partial charge < -0.3 is 14.1 Å². The topological polar surface area (TPSA) is 59.8 Å². The minimum Gasteiger partial charge on any atom is -0.452 e. The minimum atomic E-state index is -0.534. The van der Waals surface area contributed by atoms with E-state index in [4.69, 9.17) is 9.15 Å². The standard InChI is InChI=1S/C18H22BrNO4/c19-16-9-7-14(24-16)8-10-18(22)23-12-17(21)20-11-3-5-13-4-1-2-6-15(13)20/h7-10,13,15H,1-6,11-12H2/b10-8+/t13-,15+/m1/s1. The quantitative estimate of drug-likeness (QED) is 0.574. The van der Waals surface area contributed by atoms with Gasteiger partial charge in [-0.15, -0.1) is 0 Å². The van der Waals surface area contributed by atoms with Crippen molar-refractivity contribution in [2.45, 2.75) is 44.6 Å². The summed E-state index contributed by atoms with van der Waals surface area (Å²) in [6.45, 7) is 0.599. The molecule has 2 heterocycles. The molecular formula is C18H22BrNO4. The first-order chi connectivity index (χ1) is 11.6. The molecule has 3 rings (SSSR count). The number of nitrogens with zero attached hydrogens (tertiary/aromatic N) is 1. The number of rotatable bonds is 4. The van der Waals surface area contributed by atoms with Crippen LogP contribution >= 0.6 is 15.9 Å². The van der Waals surface area contributed by atoms with Crippen molar-refractivity contribution in [1.82, 2.24) is 4.90 Å². The predicted molar refractivity (Wildman–Crippen MR) is 93.1 cm³/mol. The first-order valence-electron chi connectivity index (χ1n) is 8.53.